The van der Waals surface area contributed by atoms with E-state index >= 15 is 0 Å². The first-order chi connectivity index (χ1) is 9.16. The maximum absolute atomic E-state index is 10.4. The molecule has 4 heteroatoms. The number of rotatable bonds is 14. The third-order valence-electron chi connectivity index (χ3n) is 3.22. The van der Waals surface area contributed by atoms with E-state index in [1.54, 1.807) is 0 Å². The Hall–Kier alpha value is -0.220. The van der Waals surface area contributed by atoms with Gasteiger partial charge in [0.2, 0.25) is 0 Å². The molecule has 0 heterocycles. The fourth-order valence-corrected chi connectivity index (χ4v) is 3.03. The van der Waals surface area contributed by atoms with Crippen molar-refractivity contribution in [1.82, 2.24) is 0 Å². The summed E-state index contributed by atoms with van der Waals surface area (Å²) in [6.45, 7) is 2.45. The average molecular weight is 290 g/mol. The van der Waals surface area contributed by atoms with Crippen LogP contribution in [0, 0.1) is 0 Å². The molecule has 19 heavy (non-hydrogen) atoms. The lowest BCUT2D eigenvalue weighted by Gasteiger charge is -2.09. The first kappa shape index (κ1) is 18.8. The Kier molecular flexibility index (Phi) is 14.0. The van der Waals surface area contributed by atoms with E-state index < -0.39 is 5.97 Å². The van der Waals surface area contributed by atoms with Crippen LogP contribution in [-0.4, -0.2) is 33.8 Å². The zero-order chi connectivity index (χ0) is 14.3. The Morgan fingerprint density at radius 1 is 1.00 bits per heavy atom. The summed E-state index contributed by atoms with van der Waals surface area (Å²) in [6.07, 6.45) is 10.9. The number of hydrogen-bond acceptors (Lipinski definition) is 3. The zero-order valence-electron chi connectivity index (χ0n) is 12.3. The van der Waals surface area contributed by atoms with Crippen LogP contribution in [0.3, 0.4) is 0 Å². The van der Waals surface area contributed by atoms with Crippen LogP contribution < -0.4 is 0 Å². The number of unbranched alkanes of at least 4 members (excludes halogenated alkanes) is 7. The van der Waals surface area contributed by atoms with Gasteiger partial charge < -0.3 is 10.2 Å². The molecule has 0 spiro atoms. The van der Waals surface area contributed by atoms with Crippen molar-refractivity contribution in [3.63, 3.8) is 0 Å². The second-order valence-corrected chi connectivity index (χ2v) is 6.71. The summed E-state index contributed by atoms with van der Waals surface area (Å²) in [6, 6.07) is 0. The van der Waals surface area contributed by atoms with Crippen LogP contribution in [0.4, 0.5) is 0 Å². The molecular formula is C15H30O3S. The van der Waals surface area contributed by atoms with Gasteiger partial charge in [-0.15, -0.1) is 0 Å². The summed E-state index contributed by atoms with van der Waals surface area (Å²) < 4.78 is 0. The molecular weight excluding hydrogens is 260 g/mol. The van der Waals surface area contributed by atoms with Crippen molar-refractivity contribution in [2.24, 2.45) is 0 Å². The third kappa shape index (κ3) is 15.7. The SMILES string of the molecule is CC(CCC(=O)O)SCCCCCCCCCCO. The van der Waals surface area contributed by atoms with Crippen LogP contribution in [-0.2, 0) is 4.79 Å². The van der Waals surface area contributed by atoms with Gasteiger partial charge in [0, 0.05) is 18.3 Å². The third-order valence-corrected chi connectivity index (χ3v) is 4.55. The summed E-state index contributed by atoms with van der Waals surface area (Å²) in [7, 11) is 0. The first-order valence-electron chi connectivity index (χ1n) is 7.61. The molecule has 0 aliphatic carbocycles. The molecule has 1 unspecified atom stereocenters. The molecule has 0 saturated heterocycles. The number of carboxylic acid groups (broad SMARTS) is 1. The maximum Gasteiger partial charge on any atom is 0.303 e. The second kappa shape index (κ2) is 14.2. The maximum atomic E-state index is 10.4. The van der Waals surface area contributed by atoms with Crippen molar-refractivity contribution < 1.29 is 15.0 Å². The zero-order valence-corrected chi connectivity index (χ0v) is 13.1. The van der Waals surface area contributed by atoms with Crippen molar-refractivity contribution in [2.75, 3.05) is 12.4 Å². The summed E-state index contributed by atoms with van der Waals surface area (Å²) in [5.41, 5.74) is 0. The van der Waals surface area contributed by atoms with Gasteiger partial charge in [0.05, 0.1) is 0 Å². The average Bonchev–Trinajstić information content (AvgIpc) is 2.38. The predicted molar refractivity (Wildman–Crippen MR) is 82.8 cm³/mol. The molecule has 0 radical (unpaired) electrons. The minimum atomic E-state index is -0.686. The Labute approximate surface area is 122 Å². The number of carboxylic acids is 1. The molecule has 0 amide bonds. The van der Waals surface area contributed by atoms with E-state index in [1.165, 1.54) is 38.5 Å². The normalized spacial score (nSPS) is 12.5. The van der Waals surface area contributed by atoms with Gasteiger partial charge in [-0.3, -0.25) is 4.79 Å². The highest BCUT2D eigenvalue weighted by Gasteiger charge is 2.05. The van der Waals surface area contributed by atoms with Gasteiger partial charge in [-0.1, -0.05) is 45.4 Å². The van der Waals surface area contributed by atoms with Crippen LogP contribution in [0.2, 0.25) is 0 Å². The lowest BCUT2D eigenvalue weighted by Crippen LogP contribution is -2.03. The Morgan fingerprint density at radius 2 is 1.53 bits per heavy atom. The topological polar surface area (TPSA) is 57.5 Å². The first-order valence-corrected chi connectivity index (χ1v) is 8.66. The largest absolute Gasteiger partial charge is 0.481 e. The standard InChI is InChI=1S/C15H30O3S/c1-14(10-11-15(17)18)19-13-9-7-5-3-2-4-6-8-12-16/h14,16H,2-13H2,1H3,(H,17,18). The highest BCUT2D eigenvalue weighted by Crippen LogP contribution is 2.18. The van der Waals surface area contributed by atoms with Crippen LogP contribution in [0.25, 0.3) is 0 Å². The van der Waals surface area contributed by atoms with E-state index in [1.807, 2.05) is 11.8 Å². The minimum absolute atomic E-state index is 0.294. The summed E-state index contributed by atoms with van der Waals surface area (Å²) in [5, 5.41) is 17.7. The molecule has 0 saturated carbocycles. The van der Waals surface area contributed by atoms with Gasteiger partial charge in [0.25, 0.3) is 0 Å². The molecule has 0 bridgehead atoms. The molecule has 0 aromatic rings. The molecule has 0 aliphatic heterocycles. The highest BCUT2D eigenvalue weighted by molar-refractivity contribution is 7.99. The monoisotopic (exact) mass is 290 g/mol. The number of hydrogen-bond donors (Lipinski definition) is 2. The van der Waals surface area contributed by atoms with Crippen molar-refractivity contribution in [3.05, 3.63) is 0 Å². The lowest BCUT2D eigenvalue weighted by molar-refractivity contribution is -0.137. The van der Waals surface area contributed by atoms with Crippen molar-refractivity contribution in [1.29, 1.82) is 0 Å². The van der Waals surface area contributed by atoms with Crippen molar-refractivity contribution >= 4 is 17.7 Å². The molecule has 0 aromatic heterocycles. The van der Waals surface area contributed by atoms with E-state index in [4.69, 9.17) is 10.2 Å². The lowest BCUT2D eigenvalue weighted by atomic mass is 10.1. The predicted octanol–water partition coefficient (Wildman–Crippen LogP) is 4.09. The molecule has 0 aliphatic rings. The van der Waals surface area contributed by atoms with Gasteiger partial charge >= 0.3 is 5.97 Å². The van der Waals surface area contributed by atoms with Gasteiger partial charge in [0.15, 0.2) is 0 Å². The number of aliphatic carboxylic acids is 1. The second-order valence-electron chi connectivity index (χ2n) is 5.17. The van der Waals surface area contributed by atoms with Gasteiger partial charge in [-0.25, -0.2) is 0 Å². The minimum Gasteiger partial charge on any atom is -0.481 e. The molecule has 3 nitrogen and oxygen atoms in total. The Bertz CT molecular complexity index is 210. The molecule has 0 fully saturated rings. The van der Waals surface area contributed by atoms with Crippen LogP contribution in [0.5, 0.6) is 0 Å². The fourth-order valence-electron chi connectivity index (χ4n) is 1.97. The van der Waals surface area contributed by atoms with Gasteiger partial charge in [0.1, 0.15) is 0 Å². The Morgan fingerprint density at radius 3 is 2.05 bits per heavy atom. The summed E-state index contributed by atoms with van der Waals surface area (Å²) >= 11 is 1.90. The fraction of sp³-hybridized carbons (Fsp3) is 0.933. The highest BCUT2D eigenvalue weighted by atomic mass is 32.2. The molecule has 1 atom stereocenters. The van der Waals surface area contributed by atoms with E-state index in [0.717, 1.165) is 25.0 Å². The molecule has 114 valence electrons. The molecule has 0 aromatic carbocycles. The van der Waals surface area contributed by atoms with Crippen LogP contribution in [0.15, 0.2) is 0 Å². The van der Waals surface area contributed by atoms with Crippen molar-refractivity contribution in [3.8, 4) is 0 Å². The number of thioether (sulfide) groups is 1. The van der Waals surface area contributed by atoms with Gasteiger partial charge in [-0.2, -0.15) is 11.8 Å². The van der Waals surface area contributed by atoms with Crippen LogP contribution in [0.1, 0.15) is 71.1 Å². The number of carbonyl (C=O) groups is 1. The number of aliphatic hydroxyl groups is 1. The van der Waals surface area contributed by atoms with Crippen molar-refractivity contribution in [2.45, 2.75) is 76.4 Å². The molecule has 2 N–H and O–H groups in total. The van der Waals surface area contributed by atoms with E-state index in [-0.39, 0.29) is 0 Å². The van der Waals surface area contributed by atoms with Crippen LogP contribution >= 0.6 is 11.8 Å². The summed E-state index contributed by atoms with van der Waals surface area (Å²) in [5.74, 6) is 0.472. The van der Waals surface area contributed by atoms with E-state index in [0.29, 0.717) is 18.3 Å². The van der Waals surface area contributed by atoms with E-state index in [2.05, 4.69) is 6.92 Å². The molecule has 0 rings (SSSR count). The summed E-state index contributed by atoms with van der Waals surface area (Å²) in [4.78, 5) is 10.4. The smallest absolute Gasteiger partial charge is 0.303 e. The van der Waals surface area contributed by atoms with E-state index in [9.17, 15) is 4.79 Å². The quantitative estimate of drug-likeness (QED) is 0.473. The number of aliphatic hydroxyl groups excluding tert-OH is 1. The van der Waals surface area contributed by atoms with Gasteiger partial charge in [-0.05, 0) is 25.0 Å². The Balaban J connectivity index is 3.11.